The zero-order valence-electron chi connectivity index (χ0n) is 14.3. The van der Waals surface area contributed by atoms with Gasteiger partial charge in [-0.05, 0) is 39.4 Å². The zero-order chi connectivity index (χ0) is 16.8. The smallest absolute Gasteiger partial charge is 0.293 e. The Kier molecular flexibility index (Phi) is 11.1. The number of benzene rings is 1. The van der Waals surface area contributed by atoms with Crippen molar-refractivity contribution in [1.82, 2.24) is 10.2 Å². The van der Waals surface area contributed by atoms with Gasteiger partial charge in [0.05, 0.1) is 0 Å². The summed E-state index contributed by atoms with van der Waals surface area (Å²) >= 11 is 0. The van der Waals surface area contributed by atoms with E-state index in [4.69, 9.17) is 5.73 Å². The van der Waals surface area contributed by atoms with Crippen LogP contribution >= 0.6 is 0 Å². The van der Waals surface area contributed by atoms with Crippen molar-refractivity contribution in [3.63, 3.8) is 0 Å². The first-order chi connectivity index (χ1) is 10.4. The SMILES string of the molecule is CC(C)(C)OC=O.CCN1CCNCC1.Nc1ccccc1. The van der Waals surface area contributed by atoms with Crippen LogP contribution in [0.15, 0.2) is 30.3 Å². The van der Waals surface area contributed by atoms with Crippen LogP contribution < -0.4 is 11.1 Å². The van der Waals surface area contributed by atoms with Crippen LogP contribution in [0.5, 0.6) is 0 Å². The molecule has 0 aromatic heterocycles. The summed E-state index contributed by atoms with van der Waals surface area (Å²) in [5, 5.41) is 3.31. The molecule has 22 heavy (non-hydrogen) atoms. The van der Waals surface area contributed by atoms with E-state index in [0.29, 0.717) is 6.47 Å². The van der Waals surface area contributed by atoms with Gasteiger partial charge >= 0.3 is 0 Å². The second-order valence-electron chi connectivity index (χ2n) is 5.92. The fraction of sp³-hybridized carbons (Fsp3) is 0.588. The molecule has 2 rings (SSSR count). The van der Waals surface area contributed by atoms with Crippen molar-refractivity contribution in [3.05, 3.63) is 30.3 Å². The summed E-state index contributed by atoms with van der Waals surface area (Å²) in [4.78, 5) is 12.1. The summed E-state index contributed by atoms with van der Waals surface area (Å²) in [5.41, 5.74) is 5.86. The minimum Gasteiger partial charge on any atom is -0.462 e. The first-order valence-corrected chi connectivity index (χ1v) is 7.74. The highest BCUT2D eigenvalue weighted by molar-refractivity contribution is 5.37. The normalized spacial score (nSPS) is 14.7. The van der Waals surface area contributed by atoms with Gasteiger partial charge in [0, 0.05) is 31.9 Å². The van der Waals surface area contributed by atoms with Gasteiger partial charge in [0.25, 0.3) is 6.47 Å². The molecule has 3 N–H and O–H groups in total. The summed E-state index contributed by atoms with van der Waals surface area (Å²) in [6.45, 7) is 14.2. The molecule has 1 saturated heterocycles. The monoisotopic (exact) mass is 309 g/mol. The maximum Gasteiger partial charge on any atom is 0.293 e. The summed E-state index contributed by atoms with van der Waals surface area (Å²) in [6, 6.07) is 9.49. The van der Waals surface area contributed by atoms with Crippen LogP contribution in [0.4, 0.5) is 5.69 Å². The van der Waals surface area contributed by atoms with Gasteiger partial charge in [0.2, 0.25) is 0 Å². The fourth-order valence-electron chi connectivity index (χ4n) is 1.62. The number of likely N-dealkylation sites (N-methyl/N-ethyl adjacent to an activating group) is 1. The summed E-state index contributed by atoms with van der Waals surface area (Å²) < 4.78 is 4.55. The van der Waals surface area contributed by atoms with Crippen LogP contribution in [0.3, 0.4) is 0 Å². The lowest BCUT2D eigenvalue weighted by Crippen LogP contribution is -2.43. The highest BCUT2D eigenvalue weighted by atomic mass is 16.5. The number of hydrogen-bond donors (Lipinski definition) is 2. The van der Waals surface area contributed by atoms with Crippen LogP contribution in [0, 0.1) is 0 Å². The summed E-state index contributed by atoms with van der Waals surface area (Å²) in [7, 11) is 0. The molecule has 0 radical (unpaired) electrons. The first kappa shape index (κ1) is 20.4. The molecule has 0 bridgehead atoms. The molecular weight excluding hydrogens is 278 g/mol. The molecule has 0 unspecified atom stereocenters. The lowest BCUT2D eigenvalue weighted by Gasteiger charge is -2.25. The molecule has 0 saturated carbocycles. The van der Waals surface area contributed by atoms with Crippen molar-refractivity contribution in [1.29, 1.82) is 0 Å². The van der Waals surface area contributed by atoms with E-state index < -0.39 is 0 Å². The predicted octanol–water partition coefficient (Wildman–Crippen LogP) is 2.14. The van der Waals surface area contributed by atoms with Crippen LogP contribution in [-0.4, -0.2) is 49.7 Å². The number of carbonyl (C=O) groups excluding carboxylic acids is 1. The van der Waals surface area contributed by atoms with Crippen LogP contribution in [0.1, 0.15) is 27.7 Å². The number of nitrogen functional groups attached to an aromatic ring is 1. The molecule has 0 spiro atoms. The second kappa shape index (κ2) is 12.0. The molecule has 1 aliphatic rings. The van der Waals surface area contributed by atoms with Crippen molar-refractivity contribution in [2.24, 2.45) is 0 Å². The minimum atomic E-state index is -0.318. The molecule has 0 atom stereocenters. The standard InChI is InChI=1S/C6H14N2.C6H7N.C5H10O2/c1-2-8-5-3-7-4-6-8;7-6-4-2-1-3-5-6;1-5(2,3)7-4-6/h7H,2-6H2,1H3;1-5H,7H2;4H,1-3H3. The Bertz CT molecular complexity index is 371. The van der Waals surface area contributed by atoms with Crippen molar-refractivity contribution >= 4 is 12.2 Å². The van der Waals surface area contributed by atoms with E-state index in [1.165, 1.54) is 32.7 Å². The number of nitrogens with two attached hydrogens (primary N) is 1. The van der Waals surface area contributed by atoms with E-state index in [-0.39, 0.29) is 5.60 Å². The number of para-hydroxylation sites is 1. The maximum absolute atomic E-state index is 9.60. The Hall–Kier alpha value is -1.59. The van der Waals surface area contributed by atoms with E-state index >= 15 is 0 Å². The van der Waals surface area contributed by atoms with Gasteiger partial charge < -0.3 is 20.7 Å². The van der Waals surface area contributed by atoms with Crippen molar-refractivity contribution in [2.45, 2.75) is 33.3 Å². The Balaban J connectivity index is 0.000000302. The summed E-state index contributed by atoms with van der Waals surface area (Å²) in [5.74, 6) is 0. The topological polar surface area (TPSA) is 67.6 Å². The Labute approximate surface area is 134 Å². The molecule has 126 valence electrons. The third kappa shape index (κ3) is 13.4. The number of carbonyl (C=O) groups is 1. The van der Waals surface area contributed by atoms with Gasteiger partial charge in [-0.2, -0.15) is 0 Å². The van der Waals surface area contributed by atoms with Gasteiger partial charge in [-0.15, -0.1) is 0 Å². The van der Waals surface area contributed by atoms with Gasteiger partial charge in [-0.3, -0.25) is 4.79 Å². The lowest BCUT2D eigenvalue weighted by molar-refractivity contribution is -0.138. The Morgan fingerprint density at radius 3 is 2.00 bits per heavy atom. The highest BCUT2D eigenvalue weighted by Gasteiger charge is 2.07. The molecule has 0 aliphatic carbocycles. The quantitative estimate of drug-likeness (QED) is 0.647. The van der Waals surface area contributed by atoms with Gasteiger partial charge in [0.15, 0.2) is 0 Å². The largest absolute Gasteiger partial charge is 0.462 e. The number of nitrogens with one attached hydrogen (secondary N) is 1. The first-order valence-electron chi connectivity index (χ1n) is 7.74. The van der Waals surface area contributed by atoms with Crippen LogP contribution in [0.25, 0.3) is 0 Å². The van der Waals surface area contributed by atoms with E-state index in [0.717, 1.165) is 5.69 Å². The molecule has 1 aromatic rings. The van der Waals surface area contributed by atoms with Crippen LogP contribution in [0.2, 0.25) is 0 Å². The maximum atomic E-state index is 9.60. The molecule has 1 aliphatic heterocycles. The highest BCUT2D eigenvalue weighted by Crippen LogP contribution is 2.02. The average molecular weight is 309 g/mol. The number of piperazine rings is 1. The molecule has 1 heterocycles. The molecule has 0 amide bonds. The van der Waals surface area contributed by atoms with E-state index in [1.54, 1.807) is 0 Å². The Morgan fingerprint density at radius 1 is 1.23 bits per heavy atom. The van der Waals surface area contributed by atoms with Gasteiger partial charge in [-0.1, -0.05) is 25.1 Å². The Morgan fingerprint density at radius 2 is 1.77 bits per heavy atom. The van der Waals surface area contributed by atoms with E-state index in [2.05, 4.69) is 21.9 Å². The van der Waals surface area contributed by atoms with Gasteiger partial charge in [-0.25, -0.2) is 0 Å². The number of nitrogens with zero attached hydrogens (tertiary/aromatic N) is 1. The molecule has 5 nitrogen and oxygen atoms in total. The van der Waals surface area contributed by atoms with Crippen molar-refractivity contribution < 1.29 is 9.53 Å². The second-order valence-corrected chi connectivity index (χ2v) is 5.92. The van der Waals surface area contributed by atoms with Crippen molar-refractivity contribution in [2.75, 3.05) is 38.5 Å². The summed E-state index contributed by atoms with van der Waals surface area (Å²) in [6.07, 6.45) is 0. The number of hydrogen-bond acceptors (Lipinski definition) is 5. The predicted molar refractivity (Wildman–Crippen MR) is 92.7 cm³/mol. The lowest BCUT2D eigenvalue weighted by atomic mass is 10.2. The third-order valence-corrected chi connectivity index (χ3v) is 2.86. The zero-order valence-corrected chi connectivity index (χ0v) is 14.3. The van der Waals surface area contributed by atoms with Crippen molar-refractivity contribution in [3.8, 4) is 0 Å². The van der Waals surface area contributed by atoms with E-state index in [9.17, 15) is 4.79 Å². The van der Waals surface area contributed by atoms with Gasteiger partial charge in [0.1, 0.15) is 5.60 Å². The molecular formula is C17H31N3O2. The number of rotatable bonds is 2. The minimum absolute atomic E-state index is 0.318. The number of ether oxygens (including phenoxy) is 1. The average Bonchev–Trinajstić information content (AvgIpc) is 2.49. The third-order valence-electron chi connectivity index (χ3n) is 2.86. The molecule has 1 aromatic carbocycles. The number of anilines is 1. The fourth-order valence-corrected chi connectivity index (χ4v) is 1.62. The van der Waals surface area contributed by atoms with Crippen LogP contribution in [-0.2, 0) is 9.53 Å². The molecule has 5 heteroatoms. The molecule has 1 fully saturated rings. The van der Waals surface area contributed by atoms with E-state index in [1.807, 2.05) is 51.1 Å².